The number of ether oxygens (including phenoxy) is 1. The number of hydrogen-bond acceptors (Lipinski definition) is 4. The zero-order valence-electron chi connectivity index (χ0n) is 13.6. The third-order valence-electron chi connectivity index (χ3n) is 3.74. The fourth-order valence-corrected chi connectivity index (χ4v) is 2.58. The quantitative estimate of drug-likeness (QED) is 0.848. The van der Waals surface area contributed by atoms with Gasteiger partial charge in [-0.2, -0.15) is 0 Å². The van der Waals surface area contributed by atoms with Gasteiger partial charge in [0.05, 0.1) is 5.56 Å². The van der Waals surface area contributed by atoms with Gasteiger partial charge in [-0.05, 0) is 51.8 Å². The predicted octanol–water partition coefficient (Wildman–Crippen LogP) is 3.36. The molecular weight excluding hydrogens is 301 g/mol. The molecule has 1 aromatic rings. The van der Waals surface area contributed by atoms with Crippen LogP contribution in [-0.4, -0.2) is 40.6 Å². The van der Waals surface area contributed by atoms with Crippen molar-refractivity contribution in [3.05, 3.63) is 29.6 Å². The molecule has 1 amide bonds. The monoisotopic (exact) mass is 323 g/mol. The van der Waals surface area contributed by atoms with Crippen LogP contribution in [0.4, 0.5) is 9.18 Å². The first-order valence-corrected chi connectivity index (χ1v) is 7.68. The van der Waals surface area contributed by atoms with E-state index in [4.69, 9.17) is 4.74 Å². The number of carbonyl (C=O) groups is 2. The summed E-state index contributed by atoms with van der Waals surface area (Å²) in [6.07, 6.45) is 0.541. The number of amides is 1. The normalized spacial score (nSPS) is 16.3. The molecule has 0 aliphatic carbocycles. The van der Waals surface area contributed by atoms with Gasteiger partial charge in [0.15, 0.2) is 5.78 Å². The maximum Gasteiger partial charge on any atom is 0.410 e. The van der Waals surface area contributed by atoms with Crippen molar-refractivity contribution in [3.8, 4) is 5.75 Å². The van der Waals surface area contributed by atoms with Crippen molar-refractivity contribution in [1.82, 2.24) is 4.90 Å². The first kappa shape index (κ1) is 17.2. The van der Waals surface area contributed by atoms with Crippen molar-refractivity contribution in [2.45, 2.75) is 39.2 Å². The first-order chi connectivity index (χ1) is 10.7. The first-order valence-electron chi connectivity index (χ1n) is 7.68. The largest absolute Gasteiger partial charge is 0.507 e. The van der Waals surface area contributed by atoms with Crippen molar-refractivity contribution in [1.29, 1.82) is 0 Å². The van der Waals surface area contributed by atoms with E-state index in [-0.39, 0.29) is 23.0 Å². The number of benzene rings is 1. The number of piperidine rings is 1. The molecule has 1 heterocycles. The van der Waals surface area contributed by atoms with Crippen LogP contribution in [-0.2, 0) is 4.74 Å². The third kappa shape index (κ3) is 4.43. The van der Waals surface area contributed by atoms with Gasteiger partial charge in [-0.1, -0.05) is 0 Å². The van der Waals surface area contributed by atoms with E-state index in [1.54, 1.807) is 25.7 Å². The summed E-state index contributed by atoms with van der Waals surface area (Å²) in [5, 5.41) is 9.73. The van der Waals surface area contributed by atoms with Gasteiger partial charge in [0.1, 0.15) is 17.2 Å². The molecule has 0 aromatic heterocycles. The number of likely N-dealkylation sites (tertiary alicyclic amines) is 1. The van der Waals surface area contributed by atoms with Gasteiger partial charge < -0.3 is 14.7 Å². The number of nitrogens with zero attached hydrogens (tertiary/aromatic N) is 1. The Morgan fingerprint density at radius 3 is 2.43 bits per heavy atom. The lowest BCUT2D eigenvalue weighted by Gasteiger charge is -2.33. The number of halogens is 1. The third-order valence-corrected chi connectivity index (χ3v) is 3.74. The Morgan fingerprint density at radius 1 is 1.26 bits per heavy atom. The van der Waals surface area contributed by atoms with Gasteiger partial charge >= 0.3 is 6.09 Å². The molecule has 0 unspecified atom stereocenters. The van der Waals surface area contributed by atoms with Gasteiger partial charge in [-0.25, -0.2) is 9.18 Å². The van der Waals surface area contributed by atoms with E-state index in [9.17, 15) is 19.1 Å². The second kappa shape index (κ2) is 6.56. The summed E-state index contributed by atoms with van der Waals surface area (Å²) in [4.78, 5) is 26.0. The van der Waals surface area contributed by atoms with E-state index in [2.05, 4.69) is 0 Å². The topological polar surface area (TPSA) is 66.8 Å². The predicted molar refractivity (Wildman–Crippen MR) is 82.9 cm³/mol. The molecule has 0 saturated carbocycles. The molecule has 126 valence electrons. The van der Waals surface area contributed by atoms with Crippen molar-refractivity contribution < 1.29 is 23.8 Å². The molecule has 0 radical (unpaired) electrons. The molecule has 6 heteroatoms. The van der Waals surface area contributed by atoms with Crippen LogP contribution in [0.25, 0.3) is 0 Å². The average molecular weight is 323 g/mol. The molecule has 1 fully saturated rings. The molecule has 1 N–H and O–H groups in total. The number of Topliss-reactive ketones (excluding diaryl/α,β-unsaturated/α-hetero) is 1. The minimum Gasteiger partial charge on any atom is -0.507 e. The van der Waals surface area contributed by atoms with Gasteiger partial charge in [0, 0.05) is 19.0 Å². The molecule has 1 aliphatic heterocycles. The summed E-state index contributed by atoms with van der Waals surface area (Å²) >= 11 is 0. The lowest BCUT2D eigenvalue weighted by molar-refractivity contribution is 0.0182. The molecule has 1 aromatic carbocycles. The van der Waals surface area contributed by atoms with Gasteiger partial charge in [0.2, 0.25) is 0 Å². The van der Waals surface area contributed by atoms with Crippen LogP contribution in [0.2, 0.25) is 0 Å². The summed E-state index contributed by atoms with van der Waals surface area (Å²) in [6, 6.07) is 3.34. The Hall–Kier alpha value is -2.11. The van der Waals surface area contributed by atoms with E-state index >= 15 is 0 Å². The van der Waals surface area contributed by atoms with Crippen LogP contribution < -0.4 is 0 Å². The highest BCUT2D eigenvalue weighted by atomic mass is 19.1. The van der Waals surface area contributed by atoms with Gasteiger partial charge in [0.25, 0.3) is 0 Å². The Morgan fingerprint density at radius 2 is 1.87 bits per heavy atom. The fourth-order valence-electron chi connectivity index (χ4n) is 2.58. The van der Waals surface area contributed by atoms with Gasteiger partial charge in [-0.15, -0.1) is 0 Å². The molecule has 5 nitrogen and oxygen atoms in total. The number of hydrogen-bond donors (Lipinski definition) is 1. The standard InChI is InChI=1S/C17H22FNO4/c1-17(2,3)23-16(22)19-8-6-11(7-9-19)15(21)13-10-12(18)4-5-14(13)20/h4-5,10-11,20H,6-9H2,1-3H3. The SMILES string of the molecule is CC(C)(C)OC(=O)N1CCC(C(=O)c2cc(F)ccc2O)CC1. The van der Waals surface area contributed by atoms with Crippen molar-refractivity contribution in [3.63, 3.8) is 0 Å². The minimum atomic E-state index is -0.558. The molecule has 0 bridgehead atoms. The smallest absolute Gasteiger partial charge is 0.410 e. The summed E-state index contributed by atoms with van der Waals surface area (Å²) in [7, 11) is 0. The Kier molecular flexibility index (Phi) is 4.92. The average Bonchev–Trinajstić information content (AvgIpc) is 2.47. The Labute approximate surface area is 135 Å². The highest BCUT2D eigenvalue weighted by Gasteiger charge is 2.31. The van der Waals surface area contributed by atoms with Crippen LogP contribution in [0.5, 0.6) is 5.75 Å². The van der Waals surface area contributed by atoms with E-state index in [0.717, 1.165) is 12.1 Å². The molecule has 2 rings (SSSR count). The van der Waals surface area contributed by atoms with Crippen LogP contribution in [0.1, 0.15) is 44.0 Å². The highest BCUT2D eigenvalue weighted by Crippen LogP contribution is 2.27. The molecule has 1 saturated heterocycles. The van der Waals surface area contributed by atoms with Crippen LogP contribution >= 0.6 is 0 Å². The summed E-state index contributed by atoms with van der Waals surface area (Å²) in [5.41, 5.74) is -0.558. The summed E-state index contributed by atoms with van der Waals surface area (Å²) in [5.74, 6) is -1.39. The van der Waals surface area contributed by atoms with E-state index < -0.39 is 17.5 Å². The zero-order chi connectivity index (χ0) is 17.2. The number of ketones is 1. The number of aromatic hydroxyl groups is 1. The van der Waals surface area contributed by atoms with Crippen LogP contribution in [0.15, 0.2) is 18.2 Å². The molecule has 1 aliphatic rings. The minimum absolute atomic E-state index is 0.000665. The number of carbonyl (C=O) groups excluding carboxylic acids is 2. The molecule has 0 spiro atoms. The number of phenolic OH excluding ortho intramolecular Hbond substituents is 1. The Bertz CT molecular complexity index is 601. The second-order valence-corrected chi connectivity index (χ2v) is 6.77. The van der Waals surface area contributed by atoms with Crippen molar-refractivity contribution in [2.24, 2.45) is 5.92 Å². The fraction of sp³-hybridized carbons (Fsp3) is 0.529. The van der Waals surface area contributed by atoms with Crippen LogP contribution in [0, 0.1) is 11.7 Å². The molecule has 0 atom stereocenters. The molecule has 23 heavy (non-hydrogen) atoms. The molecular formula is C17H22FNO4. The number of phenols is 1. The van der Waals surface area contributed by atoms with Gasteiger partial charge in [-0.3, -0.25) is 4.79 Å². The highest BCUT2D eigenvalue weighted by molar-refractivity contribution is 6.00. The lowest BCUT2D eigenvalue weighted by atomic mass is 9.88. The zero-order valence-corrected chi connectivity index (χ0v) is 13.6. The Balaban J connectivity index is 1.97. The summed E-state index contributed by atoms with van der Waals surface area (Å²) < 4.78 is 18.6. The maximum absolute atomic E-state index is 13.3. The lowest BCUT2D eigenvalue weighted by Crippen LogP contribution is -2.43. The van der Waals surface area contributed by atoms with Crippen molar-refractivity contribution in [2.75, 3.05) is 13.1 Å². The maximum atomic E-state index is 13.3. The van der Waals surface area contributed by atoms with Crippen molar-refractivity contribution >= 4 is 11.9 Å². The van der Waals surface area contributed by atoms with E-state index in [1.165, 1.54) is 6.07 Å². The number of rotatable bonds is 2. The van der Waals surface area contributed by atoms with E-state index in [0.29, 0.717) is 25.9 Å². The summed E-state index contributed by atoms with van der Waals surface area (Å²) in [6.45, 7) is 6.21. The second-order valence-electron chi connectivity index (χ2n) is 6.77. The van der Waals surface area contributed by atoms with Crippen LogP contribution in [0.3, 0.4) is 0 Å². The van der Waals surface area contributed by atoms with E-state index in [1.807, 2.05) is 0 Å².